The number of aromatic nitrogens is 2. The van der Waals surface area contributed by atoms with Crippen LogP contribution in [0.4, 0.5) is 17.3 Å². The van der Waals surface area contributed by atoms with E-state index in [0.717, 1.165) is 31.5 Å². The first-order valence-corrected chi connectivity index (χ1v) is 8.67. The van der Waals surface area contributed by atoms with Gasteiger partial charge in [-0.1, -0.05) is 19.2 Å². The van der Waals surface area contributed by atoms with Gasteiger partial charge in [0, 0.05) is 18.8 Å². The highest BCUT2D eigenvalue weighted by Crippen LogP contribution is 2.36. The number of rotatable bonds is 2. The van der Waals surface area contributed by atoms with E-state index < -0.39 is 5.56 Å². The van der Waals surface area contributed by atoms with Gasteiger partial charge in [-0.05, 0) is 60.6 Å². The second kappa shape index (κ2) is 6.50. The second-order valence-electron chi connectivity index (χ2n) is 6.56. The maximum absolute atomic E-state index is 12.1. The molecule has 3 heterocycles. The fourth-order valence-corrected chi connectivity index (χ4v) is 3.82. The van der Waals surface area contributed by atoms with E-state index >= 15 is 0 Å². The van der Waals surface area contributed by atoms with E-state index in [0.29, 0.717) is 0 Å². The van der Waals surface area contributed by atoms with E-state index in [4.69, 9.17) is 13.1 Å². The molecule has 1 aromatic heterocycles. The summed E-state index contributed by atoms with van der Waals surface area (Å²) in [6, 6.07) is 4.37. The van der Waals surface area contributed by atoms with Gasteiger partial charge in [0.05, 0.1) is 0 Å². The van der Waals surface area contributed by atoms with Crippen molar-refractivity contribution in [1.29, 1.82) is 0 Å². The van der Waals surface area contributed by atoms with Crippen molar-refractivity contribution < 1.29 is 0 Å². The van der Waals surface area contributed by atoms with Crippen LogP contribution in [-0.2, 0) is 12.8 Å². The number of nitrogens with zero attached hydrogens (tertiary/aromatic N) is 4. The van der Waals surface area contributed by atoms with Gasteiger partial charge in [0.25, 0.3) is 11.6 Å². The van der Waals surface area contributed by atoms with Crippen molar-refractivity contribution in [2.45, 2.75) is 25.7 Å². The van der Waals surface area contributed by atoms with Gasteiger partial charge in [-0.25, -0.2) is 4.79 Å². The molecule has 2 aromatic rings. The number of hydrogen-bond donors (Lipinski definition) is 1. The first-order chi connectivity index (χ1) is 12.7. The number of H-pyrrole nitrogens is 1. The predicted molar refractivity (Wildman–Crippen MR) is 102 cm³/mol. The molecule has 2 aliphatic rings. The smallest absolute Gasteiger partial charge is 0.365 e. The van der Waals surface area contributed by atoms with E-state index in [-0.39, 0.29) is 17.3 Å². The highest BCUT2D eigenvalue weighted by atomic mass is 16.1. The third-order valence-corrected chi connectivity index (χ3v) is 4.91. The molecule has 2 aliphatic heterocycles. The Bertz CT molecular complexity index is 1020. The summed E-state index contributed by atoms with van der Waals surface area (Å²) in [6.45, 7) is 16.4. The van der Waals surface area contributed by atoms with Gasteiger partial charge in [-0.15, -0.1) is 4.98 Å². The van der Waals surface area contributed by atoms with Crippen LogP contribution in [0.15, 0.2) is 16.9 Å². The summed E-state index contributed by atoms with van der Waals surface area (Å²) >= 11 is 0. The Morgan fingerprint density at radius 2 is 1.77 bits per heavy atom. The van der Waals surface area contributed by atoms with Gasteiger partial charge in [0.1, 0.15) is 0 Å². The van der Waals surface area contributed by atoms with Gasteiger partial charge in [0.15, 0.2) is 0 Å². The van der Waals surface area contributed by atoms with Gasteiger partial charge in [-0.3, -0.25) is 4.98 Å². The molecule has 0 radical (unpaired) electrons. The van der Waals surface area contributed by atoms with E-state index in [1.165, 1.54) is 29.7 Å². The molecule has 128 valence electrons. The van der Waals surface area contributed by atoms with Crippen LogP contribution in [0.1, 0.15) is 35.2 Å². The fourth-order valence-electron chi connectivity index (χ4n) is 3.82. The molecule has 0 saturated carbocycles. The molecule has 4 rings (SSSR count). The molecular formula is C20H17N5O. The average molecular weight is 343 g/mol. The zero-order valence-electron chi connectivity index (χ0n) is 14.2. The number of hydrogen-bond acceptors (Lipinski definition) is 3. The zero-order chi connectivity index (χ0) is 18.1. The molecule has 1 aromatic carbocycles. The molecule has 0 aliphatic carbocycles. The molecule has 26 heavy (non-hydrogen) atoms. The molecule has 0 atom stereocenters. The summed E-state index contributed by atoms with van der Waals surface area (Å²) in [5.41, 5.74) is 4.90. The van der Waals surface area contributed by atoms with E-state index in [1.807, 2.05) is 6.08 Å². The Morgan fingerprint density at radius 1 is 1.08 bits per heavy atom. The van der Waals surface area contributed by atoms with Crippen LogP contribution in [0, 0.1) is 13.1 Å². The molecule has 6 heteroatoms. The Hall–Kier alpha value is -3.38. The quantitative estimate of drug-likeness (QED) is 0.845. The highest BCUT2D eigenvalue weighted by Gasteiger charge is 2.23. The molecule has 0 bridgehead atoms. The minimum absolute atomic E-state index is 0.0737. The van der Waals surface area contributed by atoms with Crippen molar-refractivity contribution in [2.75, 3.05) is 18.0 Å². The summed E-state index contributed by atoms with van der Waals surface area (Å²) in [7, 11) is 0. The van der Waals surface area contributed by atoms with Crippen LogP contribution in [-0.4, -0.2) is 23.1 Å². The number of aromatic amines is 1. The van der Waals surface area contributed by atoms with Crippen LogP contribution in [0.3, 0.4) is 0 Å². The summed E-state index contributed by atoms with van der Waals surface area (Å²) in [4.78, 5) is 27.4. The summed E-state index contributed by atoms with van der Waals surface area (Å²) in [6.07, 6.45) is 8.01. The normalized spacial score (nSPS) is 15.4. The van der Waals surface area contributed by atoms with Crippen LogP contribution in [0.25, 0.3) is 21.8 Å². The lowest BCUT2D eigenvalue weighted by molar-refractivity contribution is 0.634. The molecule has 0 saturated heterocycles. The third kappa shape index (κ3) is 2.76. The Labute approximate surface area is 151 Å². The average Bonchev–Trinajstić information content (AvgIpc) is 2.67. The van der Waals surface area contributed by atoms with Crippen LogP contribution >= 0.6 is 0 Å². The van der Waals surface area contributed by atoms with Crippen molar-refractivity contribution in [2.24, 2.45) is 0 Å². The topological polar surface area (TPSA) is 57.7 Å². The standard InChI is InChI=1S/C20H17N5O/c1-21-18-19(22-2)24-20(26)16(23-18)8-7-13-11-14-5-3-9-25-10-4-6-15(12-13)17(14)25/h7-8,11-12H,3-6,9-10H2,(H,24,26). The minimum atomic E-state index is -0.454. The third-order valence-electron chi connectivity index (χ3n) is 4.91. The predicted octanol–water partition coefficient (Wildman–Crippen LogP) is 3.74. The maximum Gasteiger partial charge on any atom is 0.365 e. The van der Waals surface area contributed by atoms with Crippen molar-refractivity contribution in [3.63, 3.8) is 0 Å². The van der Waals surface area contributed by atoms with Gasteiger partial charge in [0.2, 0.25) is 5.69 Å². The largest absolute Gasteiger partial charge is 0.373 e. The Kier molecular flexibility index (Phi) is 4.02. The van der Waals surface area contributed by atoms with Crippen molar-refractivity contribution >= 4 is 29.5 Å². The van der Waals surface area contributed by atoms with Gasteiger partial charge >= 0.3 is 5.56 Å². The first-order valence-electron chi connectivity index (χ1n) is 8.67. The van der Waals surface area contributed by atoms with Crippen LogP contribution in [0.5, 0.6) is 0 Å². The Balaban J connectivity index is 1.72. The number of aryl methyl sites for hydroxylation is 2. The van der Waals surface area contributed by atoms with Crippen molar-refractivity contribution in [1.82, 2.24) is 9.97 Å². The highest BCUT2D eigenvalue weighted by molar-refractivity contribution is 5.74. The second-order valence-corrected chi connectivity index (χ2v) is 6.56. The van der Waals surface area contributed by atoms with Crippen LogP contribution in [0.2, 0.25) is 0 Å². The molecule has 6 nitrogen and oxygen atoms in total. The lowest BCUT2D eigenvalue weighted by atomic mass is 9.90. The van der Waals surface area contributed by atoms with E-state index in [1.54, 1.807) is 6.08 Å². The van der Waals surface area contributed by atoms with E-state index in [9.17, 15) is 4.79 Å². The maximum atomic E-state index is 12.1. The lowest BCUT2D eigenvalue weighted by Gasteiger charge is -2.37. The lowest BCUT2D eigenvalue weighted by Crippen LogP contribution is -2.34. The molecule has 0 amide bonds. The molecular weight excluding hydrogens is 326 g/mol. The van der Waals surface area contributed by atoms with Gasteiger partial charge in [-0.2, -0.15) is 0 Å². The summed E-state index contributed by atoms with van der Waals surface area (Å²) < 4.78 is 0. The summed E-state index contributed by atoms with van der Waals surface area (Å²) in [5.74, 6) is -0.184. The summed E-state index contributed by atoms with van der Waals surface area (Å²) in [5, 5.41) is 0. The number of benzene rings is 1. The monoisotopic (exact) mass is 343 g/mol. The van der Waals surface area contributed by atoms with E-state index in [2.05, 4.69) is 36.7 Å². The first kappa shape index (κ1) is 16.1. The molecule has 0 fully saturated rings. The number of nitrogens with one attached hydrogen (secondary N) is 1. The van der Waals surface area contributed by atoms with Crippen molar-refractivity contribution in [3.8, 4) is 0 Å². The Morgan fingerprint density at radius 3 is 2.38 bits per heavy atom. The SMILES string of the molecule is [C-]#[N+]c1nc(C=Cc2cc3c4c(c2)CCCN4CCC3)c(=O)[nH]c1[N+]#[C-]. The van der Waals surface area contributed by atoms with Gasteiger partial charge < -0.3 is 14.6 Å². The van der Waals surface area contributed by atoms with Crippen molar-refractivity contribution in [3.05, 3.63) is 67.7 Å². The molecule has 0 spiro atoms. The molecule has 0 unspecified atom stereocenters. The minimum Gasteiger partial charge on any atom is -0.373 e. The fraction of sp³-hybridized carbons (Fsp3) is 0.300. The number of anilines is 1. The molecule has 1 N–H and O–H groups in total. The zero-order valence-corrected chi connectivity index (χ0v) is 14.2. The van der Waals surface area contributed by atoms with Crippen LogP contribution < -0.4 is 10.5 Å².